The first-order valence-electron chi connectivity index (χ1n) is 20.1. The number of hydrogen-bond donors (Lipinski definition) is 5. The highest BCUT2D eigenvalue weighted by molar-refractivity contribution is 6.25. The van der Waals surface area contributed by atoms with Crippen molar-refractivity contribution < 1.29 is 33.9 Å². The van der Waals surface area contributed by atoms with E-state index in [1.54, 1.807) is 42.6 Å². The van der Waals surface area contributed by atoms with Gasteiger partial charge in [0.15, 0.2) is 0 Å². The molecule has 4 aliphatic rings. The lowest BCUT2D eigenvalue weighted by molar-refractivity contribution is -0.136. The van der Waals surface area contributed by atoms with E-state index < -0.39 is 35.7 Å². The summed E-state index contributed by atoms with van der Waals surface area (Å²) < 4.78 is 0. The quantitative estimate of drug-likeness (QED) is 0.124. The molecule has 1 spiro atoms. The maximum atomic E-state index is 13.7. The molecule has 5 N–H and O–H groups in total. The zero-order valence-electron chi connectivity index (χ0n) is 33.1. The van der Waals surface area contributed by atoms with Crippen molar-refractivity contribution in [3.63, 3.8) is 0 Å². The van der Waals surface area contributed by atoms with Crippen LogP contribution in [0.2, 0.25) is 0 Å². The number of hydrogen-bond acceptors (Lipinski definition) is 9. The second-order valence-electron chi connectivity index (χ2n) is 17.4. The fourth-order valence-electron chi connectivity index (χ4n) is 9.38. The average Bonchev–Trinajstić information content (AvgIpc) is 3.41. The van der Waals surface area contributed by atoms with E-state index in [9.17, 15) is 33.9 Å². The van der Waals surface area contributed by atoms with Crippen molar-refractivity contribution >= 4 is 52.0 Å². The van der Waals surface area contributed by atoms with E-state index in [4.69, 9.17) is 0 Å². The predicted octanol–water partition coefficient (Wildman–Crippen LogP) is 5.80. The second kappa shape index (κ2) is 14.7. The number of aromatic nitrogens is 1. The molecule has 3 heterocycles. The van der Waals surface area contributed by atoms with Gasteiger partial charge in [-0.05, 0) is 96.9 Å². The lowest BCUT2D eigenvalue weighted by atomic mass is 9.52. The highest BCUT2D eigenvalue weighted by Gasteiger charge is 2.54. The Balaban J connectivity index is 0.931. The third kappa shape index (κ3) is 6.96. The topological polar surface area (TPSA) is 187 Å². The van der Waals surface area contributed by atoms with Gasteiger partial charge in [0.1, 0.15) is 17.3 Å². The second-order valence-corrected chi connectivity index (χ2v) is 17.4. The summed E-state index contributed by atoms with van der Waals surface area (Å²) >= 11 is 0. The SMILES string of the molecule is CCCC(=O)NC(c1cccc(C(=O)NC2CC3(C2)CC(Nc2cccc4c2C(=O)N(C2CCC(=O)NC2=O)C4=O)C3)c1)c1cc(C(C)(C)C)c2cccnc2c1O. The van der Waals surface area contributed by atoms with E-state index in [0.717, 1.165) is 41.5 Å². The Labute approximate surface area is 336 Å². The van der Waals surface area contributed by atoms with Crippen molar-refractivity contribution in [1.82, 2.24) is 25.8 Å². The molecule has 0 bridgehead atoms. The van der Waals surface area contributed by atoms with E-state index in [1.165, 1.54) is 0 Å². The number of anilines is 1. The number of phenols is 1. The van der Waals surface area contributed by atoms with Crippen LogP contribution < -0.4 is 21.3 Å². The summed E-state index contributed by atoms with van der Waals surface area (Å²) in [4.78, 5) is 83.3. The van der Waals surface area contributed by atoms with E-state index >= 15 is 0 Å². The molecule has 2 saturated carbocycles. The van der Waals surface area contributed by atoms with Crippen LogP contribution in [0.4, 0.5) is 5.69 Å². The molecule has 2 atom stereocenters. The first kappa shape index (κ1) is 38.7. The molecule has 2 unspecified atom stereocenters. The molecule has 1 aromatic heterocycles. The third-order valence-corrected chi connectivity index (χ3v) is 12.2. The minimum absolute atomic E-state index is 0.0146. The fourth-order valence-corrected chi connectivity index (χ4v) is 9.38. The molecule has 300 valence electrons. The minimum Gasteiger partial charge on any atom is -0.505 e. The van der Waals surface area contributed by atoms with Gasteiger partial charge in [-0.3, -0.25) is 44.0 Å². The number of fused-ring (bicyclic) bond motifs is 2. The number of phenolic OH excluding ortho intramolecular Hbond substituents is 1. The normalized spacial score (nSPS) is 23.2. The molecule has 2 aliphatic carbocycles. The van der Waals surface area contributed by atoms with Crippen LogP contribution in [0.15, 0.2) is 66.9 Å². The molecule has 8 rings (SSSR count). The Bertz CT molecular complexity index is 2390. The number of amides is 6. The number of pyridine rings is 1. The van der Waals surface area contributed by atoms with Gasteiger partial charge in [-0.1, -0.05) is 52.0 Å². The summed E-state index contributed by atoms with van der Waals surface area (Å²) in [6.07, 6.45) is 6.01. The number of carbonyl (C=O) groups is 6. The number of rotatable bonds is 10. The molecule has 3 fully saturated rings. The minimum atomic E-state index is -1.03. The molecular formula is C45H48N6O7. The largest absolute Gasteiger partial charge is 0.505 e. The highest BCUT2D eigenvalue weighted by Crippen LogP contribution is 2.57. The van der Waals surface area contributed by atoms with Crippen molar-refractivity contribution in [3.05, 3.63) is 100 Å². The van der Waals surface area contributed by atoms with Gasteiger partial charge in [-0.15, -0.1) is 0 Å². The molecule has 58 heavy (non-hydrogen) atoms. The lowest BCUT2D eigenvalue weighted by Gasteiger charge is -2.58. The number of piperidine rings is 1. The van der Waals surface area contributed by atoms with Gasteiger partial charge in [-0.2, -0.15) is 0 Å². The summed E-state index contributed by atoms with van der Waals surface area (Å²) in [7, 11) is 0. The van der Waals surface area contributed by atoms with E-state index in [-0.39, 0.29) is 64.4 Å². The summed E-state index contributed by atoms with van der Waals surface area (Å²) in [5, 5.41) is 24.5. The first-order valence-corrected chi connectivity index (χ1v) is 20.1. The highest BCUT2D eigenvalue weighted by atomic mass is 16.3. The van der Waals surface area contributed by atoms with Crippen molar-refractivity contribution in [2.45, 2.75) is 109 Å². The molecule has 13 heteroatoms. The molecule has 4 aromatic rings. The predicted molar refractivity (Wildman–Crippen MR) is 216 cm³/mol. The smallest absolute Gasteiger partial charge is 0.264 e. The van der Waals surface area contributed by atoms with Crippen molar-refractivity contribution in [3.8, 4) is 5.75 Å². The Morgan fingerprint density at radius 2 is 1.71 bits per heavy atom. The van der Waals surface area contributed by atoms with Crippen LogP contribution in [0.25, 0.3) is 10.9 Å². The molecule has 0 radical (unpaired) electrons. The maximum Gasteiger partial charge on any atom is 0.264 e. The summed E-state index contributed by atoms with van der Waals surface area (Å²) in [6.45, 7) is 8.21. The molecule has 13 nitrogen and oxygen atoms in total. The van der Waals surface area contributed by atoms with Crippen molar-refractivity contribution in [2.75, 3.05) is 5.32 Å². The Hall–Kier alpha value is -6.11. The Morgan fingerprint density at radius 1 is 0.966 bits per heavy atom. The van der Waals surface area contributed by atoms with Crippen LogP contribution in [0.3, 0.4) is 0 Å². The van der Waals surface area contributed by atoms with Gasteiger partial charge in [0.25, 0.3) is 17.7 Å². The molecule has 1 saturated heterocycles. The fraction of sp³-hybridized carbons (Fsp3) is 0.400. The summed E-state index contributed by atoms with van der Waals surface area (Å²) in [6, 6.07) is 16.2. The lowest BCUT2D eigenvalue weighted by Crippen LogP contribution is -2.59. The standard InChI is InChI=1S/C45H48N6O7/c1-5-9-34(52)49-37(30-19-31(44(2,3)4)28-13-8-17-46-38(28)39(30)54)24-10-6-11-25(18-24)40(55)48-27-22-45(23-27)20-26(21-45)47-32-14-7-12-29-36(32)43(58)51(42(29)57)33-15-16-35(53)50-41(33)56/h6-8,10-14,17-19,26-27,33,37,47,54H,5,9,15-16,20-23H2,1-4H3,(H,48,55)(H,49,52)(H,50,53,56). The maximum absolute atomic E-state index is 13.7. The van der Waals surface area contributed by atoms with Crippen LogP contribution in [0, 0.1) is 5.41 Å². The third-order valence-electron chi connectivity index (χ3n) is 12.2. The van der Waals surface area contributed by atoms with Crippen molar-refractivity contribution in [2.24, 2.45) is 5.41 Å². The zero-order valence-corrected chi connectivity index (χ0v) is 33.1. The van der Waals surface area contributed by atoms with Gasteiger partial charge in [-0.25, -0.2) is 0 Å². The summed E-state index contributed by atoms with van der Waals surface area (Å²) in [5.74, 6) is -2.55. The molecule has 2 aliphatic heterocycles. The first-order chi connectivity index (χ1) is 27.7. The monoisotopic (exact) mass is 784 g/mol. The van der Waals surface area contributed by atoms with Gasteiger partial charge in [0.05, 0.1) is 17.2 Å². The molecule has 6 amide bonds. The van der Waals surface area contributed by atoms with Crippen LogP contribution in [0.5, 0.6) is 5.75 Å². The average molecular weight is 785 g/mol. The molecule has 3 aromatic carbocycles. The van der Waals surface area contributed by atoms with Crippen molar-refractivity contribution in [1.29, 1.82) is 0 Å². The van der Waals surface area contributed by atoms with Gasteiger partial charge in [0, 0.05) is 53.3 Å². The number of nitrogens with zero attached hydrogens (tertiary/aromatic N) is 2. The zero-order chi connectivity index (χ0) is 41.1. The van der Waals surface area contributed by atoms with Crippen LogP contribution in [-0.4, -0.2) is 68.6 Å². The van der Waals surface area contributed by atoms with Crippen LogP contribution in [0.1, 0.15) is 133 Å². The number of nitrogens with one attached hydrogen (secondary N) is 4. The Kier molecular flexibility index (Phi) is 9.81. The van der Waals surface area contributed by atoms with Crippen LogP contribution >= 0.6 is 0 Å². The van der Waals surface area contributed by atoms with Gasteiger partial charge < -0.3 is 21.1 Å². The number of carbonyl (C=O) groups excluding carboxylic acids is 6. The number of aromatic hydroxyl groups is 1. The molecular weight excluding hydrogens is 737 g/mol. The van der Waals surface area contributed by atoms with E-state index in [1.807, 2.05) is 31.2 Å². The Morgan fingerprint density at radius 3 is 2.43 bits per heavy atom. The number of benzene rings is 3. The van der Waals surface area contributed by atoms with Crippen LogP contribution in [-0.2, 0) is 19.8 Å². The van der Waals surface area contributed by atoms with Gasteiger partial charge in [0.2, 0.25) is 17.7 Å². The number of imide groups is 2. The summed E-state index contributed by atoms with van der Waals surface area (Å²) in [5.41, 5.74) is 3.83. The van der Waals surface area contributed by atoms with E-state index in [0.29, 0.717) is 40.7 Å². The van der Waals surface area contributed by atoms with Gasteiger partial charge >= 0.3 is 0 Å². The van der Waals surface area contributed by atoms with E-state index in [2.05, 4.69) is 47.0 Å².